The highest BCUT2D eigenvalue weighted by atomic mass is 16.5. The monoisotopic (exact) mass is 407 g/mol. The van der Waals surface area contributed by atoms with E-state index in [4.69, 9.17) is 9.15 Å². The molecule has 1 heterocycles. The van der Waals surface area contributed by atoms with Crippen LogP contribution in [0.1, 0.15) is 39.2 Å². The molecule has 0 saturated heterocycles. The summed E-state index contributed by atoms with van der Waals surface area (Å²) >= 11 is 0. The molecular weight excluding hydrogens is 378 g/mol. The largest absolute Gasteiger partial charge is 0.494 e. The topological polar surface area (TPSA) is 72.0 Å². The van der Waals surface area contributed by atoms with Crippen molar-refractivity contribution < 1.29 is 19.1 Å². The lowest BCUT2D eigenvalue weighted by Crippen LogP contribution is -2.27. The summed E-state index contributed by atoms with van der Waals surface area (Å²) < 4.78 is 11.9. The first-order valence-corrected chi connectivity index (χ1v) is 10.4. The van der Waals surface area contributed by atoms with E-state index < -0.39 is 12.0 Å². The Kier molecular flexibility index (Phi) is 6.93. The van der Waals surface area contributed by atoms with Gasteiger partial charge >= 0.3 is 5.97 Å². The molecule has 0 bridgehead atoms. The van der Waals surface area contributed by atoms with E-state index in [-0.39, 0.29) is 5.92 Å². The lowest BCUT2D eigenvalue weighted by atomic mass is 10.0. The number of hydrogen-bond acceptors (Lipinski definition) is 4. The van der Waals surface area contributed by atoms with Crippen LogP contribution in [0.3, 0.4) is 0 Å². The fraction of sp³-hybridized carbons (Fsp3) is 0.360. The van der Waals surface area contributed by atoms with Crippen molar-refractivity contribution in [1.29, 1.82) is 0 Å². The van der Waals surface area contributed by atoms with E-state index in [0.717, 1.165) is 35.1 Å². The Balaban J connectivity index is 2.08. The molecule has 5 nitrogen and oxygen atoms in total. The highest BCUT2D eigenvalue weighted by molar-refractivity contribution is 5.80. The van der Waals surface area contributed by atoms with Gasteiger partial charge in [0.05, 0.1) is 12.0 Å². The molecule has 1 aromatic heterocycles. The van der Waals surface area contributed by atoms with Crippen molar-refractivity contribution in [2.75, 3.05) is 6.61 Å². The molecule has 0 spiro atoms. The Bertz CT molecular complexity index is 1080. The Morgan fingerprint density at radius 1 is 1.13 bits per heavy atom. The van der Waals surface area contributed by atoms with Gasteiger partial charge in [-0.2, -0.15) is 0 Å². The van der Waals surface area contributed by atoms with E-state index in [1.54, 1.807) is 0 Å². The highest BCUT2D eigenvalue weighted by Gasteiger charge is 2.20. The second kappa shape index (κ2) is 9.61. The summed E-state index contributed by atoms with van der Waals surface area (Å²) in [5.41, 5.74) is 2.62. The minimum Gasteiger partial charge on any atom is -0.494 e. The predicted octanol–water partition coefficient (Wildman–Crippen LogP) is 5.60. The smallest absolute Gasteiger partial charge is 0.328 e. The van der Waals surface area contributed by atoms with Crippen molar-refractivity contribution in [3.05, 3.63) is 59.5 Å². The molecule has 0 aliphatic rings. The number of ether oxygens (including phenoxy) is 1. The average molecular weight is 408 g/mol. The summed E-state index contributed by atoms with van der Waals surface area (Å²) in [6.07, 6.45) is 2.11. The first kappa shape index (κ1) is 21.6. The lowest BCUT2D eigenvalue weighted by Gasteiger charge is -2.12. The summed E-state index contributed by atoms with van der Waals surface area (Å²) in [6.45, 7) is 8.55. The third-order valence-corrected chi connectivity index (χ3v) is 4.97. The van der Waals surface area contributed by atoms with Gasteiger partial charge in [-0.1, -0.05) is 38.8 Å². The molecule has 1 atom stereocenters. The molecule has 5 heteroatoms. The number of carbonyl (C=O) groups is 1. The Labute approximate surface area is 177 Å². The van der Waals surface area contributed by atoms with E-state index in [1.807, 2.05) is 69.3 Å². The maximum atomic E-state index is 11.7. The van der Waals surface area contributed by atoms with E-state index in [0.29, 0.717) is 23.3 Å². The minimum atomic E-state index is -0.929. The quantitative estimate of drug-likeness (QED) is 0.494. The van der Waals surface area contributed by atoms with Crippen LogP contribution in [0.25, 0.3) is 22.3 Å². The number of hydrogen-bond donors (Lipinski definition) is 1. The molecular formula is C25H29NO4. The van der Waals surface area contributed by atoms with Crippen LogP contribution >= 0.6 is 0 Å². The van der Waals surface area contributed by atoms with Crippen LogP contribution in [0.15, 0.2) is 57.9 Å². The van der Waals surface area contributed by atoms with Gasteiger partial charge in [0, 0.05) is 17.0 Å². The molecule has 30 heavy (non-hydrogen) atoms. The van der Waals surface area contributed by atoms with Crippen molar-refractivity contribution >= 4 is 16.9 Å². The van der Waals surface area contributed by atoms with Crippen LogP contribution in [0, 0.1) is 12.8 Å². The number of aryl methyl sites for hydroxylation is 1. The second-order valence-electron chi connectivity index (χ2n) is 7.88. The third kappa shape index (κ3) is 5.09. The summed E-state index contributed by atoms with van der Waals surface area (Å²) in [5.74, 6) is 0.404. The van der Waals surface area contributed by atoms with Gasteiger partial charge in [-0.05, 0) is 55.7 Å². The number of nitrogens with zero attached hydrogens (tertiary/aromatic N) is 1. The van der Waals surface area contributed by atoms with Gasteiger partial charge in [0.15, 0.2) is 0 Å². The zero-order chi connectivity index (χ0) is 21.7. The lowest BCUT2D eigenvalue weighted by molar-refractivity contribution is -0.139. The second-order valence-corrected chi connectivity index (χ2v) is 7.88. The molecule has 0 amide bonds. The van der Waals surface area contributed by atoms with Crippen molar-refractivity contribution in [3.63, 3.8) is 0 Å². The van der Waals surface area contributed by atoms with Crippen molar-refractivity contribution in [3.8, 4) is 17.1 Å². The van der Waals surface area contributed by atoms with Crippen LogP contribution in [0.4, 0.5) is 0 Å². The molecule has 0 radical (unpaired) electrons. The van der Waals surface area contributed by atoms with Gasteiger partial charge in [-0.25, -0.2) is 4.79 Å². The normalized spacial score (nSPS) is 13.0. The molecule has 0 fully saturated rings. The van der Waals surface area contributed by atoms with E-state index in [9.17, 15) is 9.90 Å². The number of unbranched alkanes of at least 4 members (excludes halogenated alkanes) is 1. The summed E-state index contributed by atoms with van der Waals surface area (Å²) in [4.78, 5) is 16.3. The van der Waals surface area contributed by atoms with Crippen LogP contribution in [-0.2, 0) is 4.79 Å². The molecule has 1 N–H and O–H groups in total. The van der Waals surface area contributed by atoms with Gasteiger partial charge in [-0.15, -0.1) is 0 Å². The van der Waals surface area contributed by atoms with Crippen molar-refractivity contribution in [2.24, 2.45) is 10.9 Å². The molecule has 158 valence electrons. The van der Waals surface area contributed by atoms with Gasteiger partial charge in [-0.3, -0.25) is 4.99 Å². The number of carboxylic acid groups (broad SMARTS) is 1. The van der Waals surface area contributed by atoms with Crippen LogP contribution in [0.2, 0.25) is 0 Å². The zero-order valence-corrected chi connectivity index (χ0v) is 18.0. The molecule has 0 saturated carbocycles. The molecule has 3 aromatic rings. The Morgan fingerprint density at radius 3 is 2.50 bits per heavy atom. The zero-order valence-electron chi connectivity index (χ0n) is 18.0. The molecule has 0 aliphatic carbocycles. The number of fused-ring (bicyclic) bond motifs is 1. The van der Waals surface area contributed by atoms with E-state index in [1.165, 1.54) is 0 Å². The minimum absolute atomic E-state index is 0.123. The fourth-order valence-electron chi connectivity index (χ4n) is 3.22. The SMILES string of the molecule is CCCCOc1ccc(-c2cc(=N[C@@H](C(=O)O)C(C)C)c3cc(C)ccc3o2)cc1. The molecule has 0 unspecified atom stereocenters. The first-order valence-electron chi connectivity index (χ1n) is 10.4. The van der Waals surface area contributed by atoms with E-state index >= 15 is 0 Å². The first-order chi connectivity index (χ1) is 14.4. The predicted molar refractivity (Wildman–Crippen MR) is 119 cm³/mol. The van der Waals surface area contributed by atoms with Gasteiger partial charge in [0.1, 0.15) is 23.1 Å². The summed E-state index contributed by atoms with van der Waals surface area (Å²) in [7, 11) is 0. The Hall–Kier alpha value is -3.08. The maximum absolute atomic E-state index is 11.7. The standard InChI is InChI=1S/C25H29NO4/c1-5-6-13-29-19-10-8-18(9-11-19)23-15-21(26-24(16(2)3)25(27)28)20-14-17(4)7-12-22(20)30-23/h7-12,14-16,24H,5-6,13H2,1-4H3,(H,27,28)/t24-/m1/s1. The summed E-state index contributed by atoms with van der Waals surface area (Å²) in [6, 6.07) is 14.6. The third-order valence-electron chi connectivity index (χ3n) is 4.97. The van der Waals surface area contributed by atoms with Crippen molar-refractivity contribution in [2.45, 2.75) is 46.6 Å². The number of benzene rings is 2. The van der Waals surface area contributed by atoms with Gasteiger partial charge in [0.2, 0.25) is 0 Å². The molecule has 3 rings (SSSR count). The fourth-order valence-corrected chi connectivity index (χ4v) is 3.22. The number of aliphatic carboxylic acids is 1. The van der Waals surface area contributed by atoms with Crippen LogP contribution < -0.4 is 10.1 Å². The highest BCUT2D eigenvalue weighted by Crippen LogP contribution is 2.25. The summed E-state index contributed by atoms with van der Waals surface area (Å²) in [5, 5.41) is 11.0. The average Bonchev–Trinajstić information content (AvgIpc) is 2.72. The number of rotatable bonds is 8. The van der Waals surface area contributed by atoms with E-state index in [2.05, 4.69) is 11.9 Å². The number of carboxylic acids is 1. The van der Waals surface area contributed by atoms with Gasteiger partial charge < -0.3 is 14.3 Å². The maximum Gasteiger partial charge on any atom is 0.328 e. The Morgan fingerprint density at radius 2 is 1.87 bits per heavy atom. The van der Waals surface area contributed by atoms with Crippen molar-refractivity contribution in [1.82, 2.24) is 0 Å². The van der Waals surface area contributed by atoms with Gasteiger partial charge in [0.25, 0.3) is 0 Å². The molecule has 0 aliphatic heterocycles. The van der Waals surface area contributed by atoms with Crippen LogP contribution in [0.5, 0.6) is 5.75 Å². The molecule has 2 aromatic carbocycles. The van der Waals surface area contributed by atoms with Crippen LogP contribution in [-0.4, -0.2) is 23.7 Å².